The lowest BCUT2D eigenvalue weighted by molar-refractivity contribution is 0.122. The van der Waals surface area contributed by atoms with E-state index in [1.54, 1.807) is 0 Å². The molecule has 0 radical (unpaired) electrons. The van der Waals surface area contributed by atoms with Crippen LogP contribution in [0.15, 0.2) is 24.3 Å². The zero-order valence-electron chi connectivity index (χ0n) is 15.2. The molecule has 0 amide bonds. The van der Waals surface area contributed by atoms with Crippen LogP contribution in [0.5, 0.6) is 0 Å². The standard InChI is InChI=1S/C19H28N4O/c1-14(2)23-16(4)19(15(3)21-23)20-13-17-7-5-6-8-18(17)22-9-11-24-12-10-22/h5-8,14,20H,9-13H2,1-4H3. The Labute approximate surface area is 144 Å². The topological polar surface area (TPSA) is 42.3 Å². The normalized spacial score (nSPS) is 15.1. The van der Waals surface area contributed by atoms with Crippen molar-refractivity contribution in [1.82, 2.24) is 9.78 Å². The number of aromatic nitrogens is 2. The maximum Gasteiger partial charge on any atom is 0.0828 e. The van der Waals surface area contributed by atoms with Gasteiger partial charge in [0.25, 0.3) is 0 Å². The Balaban J connectivity index is 1.78. The number of morpholine rings is 1. The summed E-state index contributed by atoms with van der Waals surface area (Å²) in [6.07, 6.45) is 0. The van der Waals surface area contributed by atoms with Crippen molar-refractivity contribution < 1.29 is 4.74 Å². The summed E-state index contributed by atoms with van der Waals surface area (Å²) in [5, 5.41) is 8.27. The third kappa shape index (κ3) is 3.41. The summed E-state index contributed by atoms with van der Waals surface area (Å²) in [4.78, 5) is 2.41. The van der Waals surface area contributed by atoms with Gasteiger partial charge in [0.15, 0.2) is 0 Å². The van der Waals surface area contributed by atoms with Gasteiger partial charge >= 0.3 is 0 Å². The number of aryl methyl sites for hydroxylation is 1. The molecule has 0 spiro atoms. The highest BCUT2D eigenvalue weighted by molar-refractivity contribution is 5.57. The van der Waals surface area contributed by atoms with Gasteiger partial charge in [0.2, 0.25) is 0 Å². The van der Waals surface area contributed by atoms with Crippen LogP contribution in [0.25, 0.3) is 0 Å². The fourth-order valence-corrected chi connectivity index (χ4v) is 3.38. The molecule has 2 heterocycles. The van der Waals surface area contributed by atoms with Gasteiger partial charge < -0.3 is 15.0 Å². The number of nitrogens with one attached hydrogen (secondary N) is 1. The minimum Gasteiger partial charge on any atom is -0.378 e. The summed E-state index contributed by atoms with van der Waals surface area (Å²) in [7, 11) is 0. The second kappa shape index (κ2) is 7.26. The summed E-state index contributed by atoms with van der Waals surface area (Å²) in [5.74, 6) is 0. The van der Waals surface area contributed by atoms with Gasteiger partial charge in [0, 0.05) is 31.4 Å². The van der Waals surface area contributed by atoms with Crippen molar-refractivity contribution in [3.63, 3.8) is 0 Å². The SMILES string of the molecule is Cc1nn(C(C)C)c(C)c1NCc1ccccc1N1CCOCC1. The Hall–Kier alpha value is -2.01. The van der Waals surface area contributed by atoms with Gasteiger partial charge in [-0.15, -0.1) is 0 Å². The van der Waals surface area contributed by atoms with Crippen molar-refractivity contribution in [1.29, 1.82) is 0 Å². The van der Waals surface area contributed by atoms with Gasteiger partial charge in [-0.1, -0.05) is 18.2 Å². The van der Waals surface area contributed by atoms with E-state index in [-0.39, 0.29) is 0 Å². The van der Waals surface area contributed by atoms with Crippen molar-refractivity contribution in [2.45, 2.75) is 40.3 Å². The van der Waals surface area contributed by atoms with Crippen LogP contribution in [-0.2, 0) is 11.3 Å². The van der Waals surface area contributed by atoms with Crippen LogP contribution in [-0.4, -0.2) is 36.1 Å². The lowest BCUT2D eigenvalue weighted by Gasteiger charge is -2.30. The third-order valence-corrected chi connectivity index (χ3v) is 4.61. The molecule has 130 valence electrons. The van der Waals surface area contributed by atoms with Crippen LogP contribution in [0.1, 0.15) is 36.8 Å². The zero-order chi connectivity index (χ0) is 17.1. The minimum absolute atomic E-state index is 0.375. The van der Waals surface area contributed by atoms with E-state index in [9.17, 15) is 0 Å². The number of anilines is 2. The molecule has 1 aromatic heterocycles. The van der Waals surface area contributed by atoms with Gasteiger partial charge in [-0.25, -0.2) is 0 Å². The van der Waals surface area contributed by atoms with E-state index in [2.05, 4.69) is 72.0 Å². The molecule has 0 unspecified atom stereocenters. The molecular formula is C19H28N4O. The number of benzene rings is 1. The van der Waals surface area contributed by atoms with Crippen molar-refractivity contribution in [2.24, 2.45) is 0 Å². The first kappa shape index (κ1) is 16.8. The maximum absolute atomic E-state index is 5.48. The van der Waals surface area contributed by atoms with Crippen LogP contribution in [0.2, 0.25) is 0 Å². The molecular weight excluding hydrogens is 300 g/mol. The van der Waals surface area contributed by atoms with Crippen LogP contribution in [0.3, 0.4) is 0 Å². The summed E-state index contributed by atoms with van der Waals surface area (Å²) >= 11 is 0. The minimum atomic E-state index is 0.375. The van der Waals surface area contributed by atoms with Crippen molar-refractivity contribution in [3.8, 4) is 0 Å². The van der Waals surface area contributed by atoms with E-state index in [0.29, 0.717) is 6.04 Å². The molecule has 24 heavy (non-hydrogen) atoms. The van der Waals surface area contributed by atoms with E-state index < -0.39 is 0 Å². The molecule has 0 aliphatic carbocycles. The lowest BCUT2D eigenvalue weighted by atomic mass is 10.1. The van der Waals surface area contributed by atoms with Crippen LogP contribution >= 0.6 is 0 Å². The number of ether oxygens (including phenoxy) is 1. The summed E-state index contributed by atoms with van der Waals surface area (Å²) in [6.45, 7) is 12.9. The largest absolute Gasteiger partial charge is 0.378 e. The molecule has 2 aromatic rings. The second-order valence-electron chi connectivity index (χ2n) is 6.67. The third-order valence-electron chi connectivity index (χ3n) is 4.61. The molecule has 0 bridgehead atoms. The fourth-order valence-electron chi connectivity index (χ4n) is 3.38. The Kier molecular flexibility index (Phi) is 5.09. The predicted molar refractivity (Wildman–Crippen MR) is 98.9 cm³/mol. The average molecular weight is 328 g/mol. The van der Waals surface area contributed by atoms with Gasteiger partial charge in [0.05, 0.1) is 30.3 Å². The molecule has 0 saturated carbocycles. The Morgan fingerprint density at radius 1 is 1.17 bits per heavy atom. The Morgan fingerprint density at radius 2 is 1.88 bits per heavy atom. The highest BCUT2D eigenvalue weighted by atomic mass is 16.5. The molecule has 5 heteroatoms. The van der Waals surface area contributed by atoms with Crippen molar-refractivity contribution in [2.75, 3.05) is 36.5 Å². The van der Waals surface area contributed by atoms with Crippen LogP contribution in [0, 0.1) is 13.8 Å². The molecule has 1 saturated heterocycles. The van der Waals surface area contributed by atoms with Crippen molar-refractivity contribution in [3.05, 3.63) is 41.2 Å². The van der Waals surface area contributed by atoms with Gasteiger partial charge in [0.1, 0.15) is 0 Å². The summed E-state index contributed by atoms with van der Waals surface area (Å²) in [5.41, 5.74) is 6.03. The number of hydrogen-bond donors (Lipinski definition) is 1. The smallest absolute Gasteiger partial charge is 0.0828 e. The molecule has 3 rings (SSSR count). The second-order valence-corrected chi connectivity index (χ2v) is 6.67. The van der Waals surface area contributed by atoms with E-state index in [0.717, 1.165) is 44.2 Å². The maximum atomic E-state index is 5.48. The number of hydrogen-bond acceptors (Lipinski definition) is 4. The first-order valence-corrected chi connectivity index (χ1v) is 8.78. The first-order valence-electron chi connectivity index (χ1n) is 8.78. The molecule has 1 aliphatic rings. The summed E-state index contributed by atoms with van der Waals surface area (Å²) < 4.78 is 7.57. The van der Waals surface area contributed by atoms with Crippen LogP contribution < -0.4 is 10.2 Å². The highest BCUT2D eigenvalue weighted by Gasteiger charge is 2.16. The molecule has 0 atom stereocenters. The van der Waals surface area contributed by atoms with Gasteiger partial charge in [-0.05, 0) is 39.3 Å². The van der Waals surface area contributed by atoms with E-state index in [1.807, 2.05) is 0 Å². The predicted octanol–water partition coefficient (Wildman–Crippen LogP) is 3.53. The Bertz CT molecular complexity index is 687. The van der Waals surface area contributed by atoms with Crippen molar-refractivity contribution >= 4 is 11.4 Å². The van der Waals surface area contributed by atoms with E-state index in [4.69, 9.17) is 4.74 Å². The van der Waals surface area contributed by atoms with E-state index >= 15 is 0 Å². The average Bonchev–Trinajstić information content (AvgIpc) is 2.88. The van der Waals surface area contributed by atoms with E-state index in [1.165, 1.54) is 16.9 Å². The van der Waals surface area contributed by atoms with Gasteiger partial charge in [-0.2, -0.15) is 5.10 Å². The fraction of sp³-hybridized carbons (Fsp3) is 0.526. The number of rotatable bonds is 5. The number of para-hydroxylation sites is 1. The first-order chi connectivity index (χ1) is 11.6. The Morgan fingerprint density at radius 3 is 2.54 bits per heavy atom. The monoisotopic (exact) mass is 328 g/mol. The molecule has 1 fully saturated rings. The lowest BCUT2D eigenvalue weighted by Crippen LogP contribution is -2.36. The highest BCUT2D eigenvalue weighted by Crippen LogP contribution is 2.26. The molecule has 1 N–H and O–H groups in total. The van der Waals surface area contributed by atoms with Crippen LogP contribution in [0.4, 0.5) is 11.4 Å². The molecule has 1 aromatic carbocycles. The quantitative estimate of drug-likeness (QED) is 0.912. The summed E-state index contributed by atoms with van der Waals surface area (Å²) in [6, 6.07) is 9.01. The van der Waals surface area contributed by atoms with Gasteiger partial charge in [-0.3, -0.25) is 4.68 Å². The number of nitrogens with zero attached hydrogens (tertiary/aromatic N) is 3. The molecule has 5 nitrogen and oxygen atoms in total. The molecule has 1 aliphatic heterocycles. The zero-order valence-corrected chi connectivity index (χ0v) is 15.2.